The summed E-state index contributed by atoms with van der Waals surface area (Å²) < 4.78 is 0. The third-order valence-corrected chi connectivity index (χ3v) is 2.12. The van der Waals surface area contributed by atoms with Crippen molar-refractivity contribution in [3.63, 3.8) is 0 Å². The SMILES string of the molecule is Cc1ccc(N)cc1.Oc1cccc(Cl)c1. The summed E-state index contributed by atoms with van der Waals surface area (Å²) in [5.41, 5.74) is 7.51. The summed E-state index contributed by atoms with van der Waals surface area (Å²) in [5, 5.41) is 9.29. The van der Waals surface area contributed by atoms with E-state index in [1.165, 1.54) is 11.6 Å². The summed E-state index contributed by atoms with van der Waals surface area (Å²) in [6.45, 7) is 2.04. The molecule has 0 unspecified atom stereocenters. The van der Waals surface area contributed by atoms with Gasteiger partial charge in [-0.2, -0.15) is 0 Å². The van der Waals surface area contributed by atoms with Crippen LogP contribution >= 0.6 is 11.6 Å². The van der Waals surface area contributed by atoms with E-state index in [9.17, 15) is 0 Å². The Hall–Kier alpha value is -1.67. The molecule has 16 heavy (non-hydrogen) atoms. The number of halogens is 1. The fourth-order valence-electron chi connectivity index (χ4n) is 1.04. The van der Waals surface area contributed by atoms with Crippen LogP contribution in [0.25, 0.3) is 0 Å². The molecule has 0 saturated carbocycles. The van der Waals surface area contributed by atoms with Crippen LogP contribution in [0.15, 0.2) is 48.5 Å². The Morgan fingerprint density at radius 2 is 1.69 bits per heavy atom. The Morgan fingerprint density at radius 1 is 1.06 bits per heavy atom. The minimum Gasteiger partial charge on any atom is -0.508 e. The van der Waals surface area contributed by atoms with Crippen molar-refractivity contribution in [3.05, 3.63) is 59.1 Å². The zero-order valence-corrected chi connectivity index (χ0v) is 9.78. The predicted molar refractivity (Wildman–Crippen MR) is 68.7 cm³/mol. The van der Waals surface area contributed by atoms with Crippen LogP contribution < -0.4 is 5.73 Å². The fourth-order valence-corrected chi connectivity index (χ4v) is 1.23. The molecule has 2 aromatic rings. The van der Waals surface area contributed by atoms with Gasteiger partial charge in [-0.1, -0.05) is 35.4 Å². The van der Waals surface area contributed by atoms with Crippen molar-refractivity contribution in [2.75, 3.05) is 5.73 Å². The highest BCUT2D eigenvalue weighted by Gasteiger charge is 1.85. The second-order valence-electron chi connectivity index (χ2n) is 3.39. The van der Waals surface area contributed by atoms with Gasteiger partial charge in [0.15, 0.2) is 0 Å². The van der Waals surface area contributed by atoms with E-state index in [2.05, 4.69) is 0 Å². The number of benzene rings is 2. The molecule has 2 nitrogen and oxygen atoms in total. The molecule has 0 radical (unpaired) electrons. The molecule has 0 aliphatic heterocycles. The van der Waals surface area contributed by atoms with E-state index in [4.69, 9.17) is 22.4 Å². The molecule has 2 rings (SSSR count). The second kappa shape index (κ2) is 6.03. The summed E-state index contributed by atoms with van der Waals surface area (Å²) >= 11 is 5.48. The maximum absolute atomic E-state index is 8.73. The van der Waals surface area contributed by atoms with Gasteiger partial charge in [0.05, 0.1) is 0 Å². The number of nitrogen functional groups attached to an aromatic ring is 1. The van der Waals surface area contributed by atoms with E-state index in [-0.39, 0.29) is 5.75 Å². The Balaban J connectivity index is 0.000000160. The van der Waals surface area contributed by atoms with Gasteiger partial charge in [-0.15, -0.1) is 0 Å². The summed E-state index contributed by atoms with van der Waals surface area (Å²) in [5.74, 6) is 0.206. The molecule has 0 spiro atoms. The molecule has 0 aromatic heterocycles. The molecule has 3 N–H and O–H groups in total. The number of aryl methyl sites for hydroxylation is 1. The summed E-state index contributed by atoms with van der Waals surface area (Å²) in [6, 6.07) is 14.3. The Kier molecular flexibility index (Phi) is 4.67. The van der Waals surface area contributed by atoms with Crippen molar-refractivity contribution in [1.29, 1.82) is 0 Å². The molecule has 84 valence electrons. The second-order valence-corrected chi connectivity index (χ2v) is 3.83. The number of hydrogen-bond acceptors (Lipinski definition) is 2. The van der Waals surface area contributed by atoms with Crippen molar-refractivity contribution in [1.82, 2.24) is 0 Å². The molecule has 3 heteroatoms. The van der Waals surface area contributed by atoms with Crippen molar-refractivity contribution in [2.24, 2.45) is 0 Å². The Labute approximate surface area is 100 Å². The lowest BCUT2D eigenvalue weighted by molar-refractivity contribution is 0.475. The van der Waals surface area contributed by atoms with Crippen LogP contribution in [0, 0.1) is 6.92 Å². The standard InChI is InChI=1S/C7H9N.C6H5ClO/c1-6-2-4-7(8)5-3-6;7-5-2-1-3-6(8)4-5/h2-5H,8H2,1H3;1-4,8H. The quantitative estimate of drug-likeness (QED) is 0.685. The van der Waals surface area contributed by atoms with Crippen LogP contribution in [0.3, 0.4) is 0 Å². The maximum Gasteiger partial charge on any atom is 0.117 e. The van der Waals surface area contributed by atoms with Gasteiger partial charge in [-0.25, -0.2) is 0 Å². The Bertz CT molecular complexity index is 402. The van der Waals surface area contributed by atoms with E-state index in [0.717, 1.165) is 5.69 Å². The maximum atomic E-state index is 8.73. The highest BCUT2D eigenvalue weighted by atomic mass is 35.5. The Morgan fingerprint density at radius 3 is 2.06 bits per heavy atom. The van der Waals surface area contributed by atoms with Gasteiger partial charge >= 0.3 is 0 Å². The average molecular weight is 236 g/mol. The van der Waals surface area contributed by atoms with Crippen LogP contribution in [-0.4, -0.2) is 5.11 Å². The zero-order chi connectivity index (χ0) is 12.0. The van der Waals surface area contributed by atoms with Crippen molar-refractivity contribution in [2.45, 2.75) is 6.92 Å². The number of hydrogen-bond donors (Lipinski definition) is 2. The third kappa shape index (κ3) is 4.71. The first-order valence-corrected chi connectivity index (χ1v) is 5.22. The van der Waals surface area contributed by atoms with Gasteiger partial charge in [-0.05, 0) is 37.3 Å². The number of nitrogens with two attached hydrogens (primary N) is 1. The highest BCUT2D eigenvalue weighted by Crippen LogP contribution is 2.14. The van der Waals surface area contributed by atoms with E-state index >= 15 is 0 Å². The molecular weight excluding hydrogens is 222 g/mol. The predicted octanol–water partition coefficient (Wildman–Crippen LogP) is 3.62. The number of phenolic OH excluding ortho intramolecular Hbond substituents is 1. The minimum atomic E-state index is 0.206. The first-order chi connectivity index (χ1) is 7.58. The molecule has 0 aliphatic rings. The van der Waals surface area contributed by atoms with E-state index < -0.39 is 0 Å². The van der Waals surface area contributed by atoms with Crippen LogP contribution in [0.5, 0.6) is 5.75 Å². The molecule has 0 saturated heterocycles. The van der Waals surface area contributed by atoms with Gasteiger partial charge in [0.25, 0.3) is 0 Å². The lowest BCUT2D eigenvalue weighted by atomic mass is 10.2. The molecule has 0 bridgehead atoms. The number of rotatable bonds is 0. The molecule has 0 amide bonds. The number of anilines is 1. The molecule has 0 heterocycles. The van der Waals surface area contributed by atoms with Crippen LogP contribution in [0.1, 0.15) is 5.56 Å². The molecule has 2 aromatic carbocycles. The first-order valence-electron chi connectivity index (χ1n) is 4.84. The lowest BCUT2D eigenvalue weighted by Crippen LogP contribution is -1.81. The average Bonchev–Trinajstić information content (AvgIpc) is 2.23. The minimum absolute atomic E-state index is 0.206. The number of aromatic hydroxyl groups is 1. The van der Waals surface area contributed by atoms with Gasteiger partial charge < -0.3 is 10.8 Å². The van der Waals surface area contributed by atoms with Gasteiger partial charge in [-0.3, -0.25) is 0 Å². The lowest BCUT2D eigenvalue weighted by Gasteiger charge is -1.90. The largest absolute Gasteiger partial charge is 0.508 e. The van der Waals surface area contributed by atoms with Crippen LogP contribution in [0.2, 0.25) is 5.02 Å². The molecule has 0 fully saturated rings. The van der Waals surface area contributed by atoms with Crippen LogP contribution in [-0.2, 0) is 0 Å². The summed E-state index contributed by atoms with van der Waals surface area (Å²) in [7, 11) is 0. The van der Waals surface area contributed by atoms with Crippen molar-refractivity contribution >= 4 is 17.3 Å². The van der Waals surface area contributed by atoms with Crippen LogP contribution in [0.4, 0.5) is 5.69 Å². The van der Waals surface area contributed by atoms with Crippen molar-refractivity contribution in [3.8, 4) is 5.75 Å². The molecule has 0 aliphatic carbocycles. The highest BCUT2D eigenvalue weighted by molar-refractivity contribution is 6.30. The topological polar surface area (TPSA) is 46.2 Å². The summed E-state index contributed by atoms with van der Waals surface area (Å²) in [6.07, 6.45) is 0. The third-order valence-electron chi connectivity index (χ3n) is 1.89. The zero-order valence-electron chi connectivity index (χ0n) is 9.02. The van der Waals surface area contributed by atoms with Crippen molar-refractivity contribution < 1.29 is 5.11 Å². The smallest absolute Gasteiger partial charge is 0.117 e. The number of phenols is 1. The van der Waals surface area contributed by atoms with E-state index in [1.807, 2.05) is 31.2 Å². The monoisotopic (exact) mass is 235 g/mol. The molecular formula is C13H14ClNO. The van der Waals surface area contributed by atoms with E-state index in [1.54, 1.807) is 18.2 Å². The fraction of sp³-hybridized carbons (Fsp3) is 0.0769. The first kappa shape index (κ1) is 12.4. The van der Waals surface area contributed by atoms with Gasteiger partial charge in [0, 0.05) is 10.7 Å². The summed E-state index contributed by atoms with van der Waals surface area (Å²) in [4.78, 5) is 0. The van der Waals surface area contributed by atoms with E-state index in [0.29, 0.717) is 5.02 Å². The molecule has 0 atom stereocenters. The van der Waals surface area contributed by atoms with Gasteiger partial charge in [0.2, 0.25) is 0 Å². The van der Waals surface area contributed by atoms with Gasteiger partial charge in [0.1, 0.15) is 5.75 Å². The normalized spacial score (nSPS) is 9.12.